The Kier molecular flexibility index (Phi) is 4.37. The molecule has 0 unspecified atom stereocenters. The molecule has 24 heavy (non-hydrogen) atoms. The van der Waals surface area contributed by atoms with E-state index in [0.717, 1.165) is 16.6 Å². The summed E-state index contributed by atoms with van der Waals surface area (Å²) < 4.78 is 11.8. The van der Waals surface area contributed by atoms with E-state index in [2.05, 4.69) is 5.32 Å². The first-order valence-electron chi connectivity index (χ1n) is 7.55. The quantitative estimate of drug-likeness (QED) is 0.778. The molecule has 6 heteroatoms. The molecule has 1 heterocycles. The molecular weight excluding hydrogens is 308 g/mol. The van der Waals surface area contributed by atoms with Crippen LogP contribution in [0.15, 0.2) is 51.7 Å². The second-order valence-electron chi connectivity index (χ2n) is 5.49. The number of rotatable bonds is 5. The van der Waals surface area contributed by atoms with E-state index in [4.69, 9.17) is 9.15 Å². The minimum Gasteiger partial charge on any atom is -0.496 e. The number of carbonyl (C=O) groups is 1. The van der Waals surface area contributed by atoms with E-state index < -0.39 is 5.76 Å². The van der Waals surface area contributed by atoms with Crippen molar-refractivity contribution in [1.82, 2.24) is 9.88 Å². The number of para-hydroxylation sites is 1. The Hall–Kier alpha value is -3.02. The minimum absolute atomic E-state index is 0.103. The lowest BCUT2D eigenvalue weighted by Crippen LogP contribution is -2.24. The van der Waals surface area contributed by atoms with Crippen molar-refractivity contribution in [3.63, 3.8) is 0 Å². The van der Waals surface area contributed by atoms with E-state index in [1.54, 1.807) is 20.2 Å². The number of aromatic nitrogens is 1. The lowest BCUT2D eigenvalue weighted by atomic mass is 10.1. The number of oxazole rings is 1. The van der Waals surface area contributed by atoms with Gasteiger partial charge in [-0.1, -0.05) is 24.3 Å². The standard InChI is InChI=1S/C18H18N2O4/c1-20-14-8-7-12(9-16(14)24-18(20)22)11-19-17(21)10-13-5-3-4-6-15(13)23-2/h3-9H,10-11H2,1-2H3,(H,19,21). The molecule has 0 spiro atoms. The van der Waals surface area contributed by atoms with Gasteiger partial charge in [-0.3, -0.25) is 9.36 Å². The molecular formula is C18H18N2O4. The van der Waals surface area contributed by atoms with Crippen LogP contribution >= 0.6 is 0 Å². The van der Waals surface area contributed by atoms with Crippen LogP contribution in [-0.2, 0) is 24.8 Å². The van der Waals surface area contributed by atoms with Crippen LogP contribution in [0.4, 0.5) is 0 Å². The number of fused-ring (bicyclic) bond motifs is 1. The highest BCUT2D eigenvalue weighted by molar-refractivity contribution is 5.79. The van der Waals surface area contributed by atoms with Crippen molar-refractivity contribution in [2.75, 3.05) is 7.11 Å². The third kappa shape index (κ3) is 3.17. The molecule has 1 aromatic heterocycles. The molecule has 0 atom stereocenters. The predicted octanol–water partition coefficient (Wildman–Crippen LogP) is 2.00. The van der Waals surface area contributed by atoms with Gasteiger partial charge in [0, 0.05) is 19.2 Å². The van der Waals surface area contributed by atoms with Crippen molar-refractivity contribution in [3.05, 3.63) is 64.1 Å². The fourth-order valence-electron chi connectivity index (χ4n) is 2.57. The van der Waals surface area contributed by atoms with Gasteiger partial charge in [-0.15, -0.1) is 0 Å². The summed E-state index contributed by atoms with van der Waals surface area (Å²) in [5, 5.41) is 2.86. The fourth-order valence-corrected chi connectivity index (χ4v) is 2.57. The zero-order chi connectivity index (χ0) is 17.1. The van der Waals surface area contributed by atoms with Crippen LogP contribution in [0.5, 0.6) is 5.75 Å². The van der Waals surface area contributed by atoms with E-state index in [-0.39, 0.29) is 12.3 Å². The molecule has 3 rings (SSSR count). The molecule has 6 nitrogen and oxygen atoms in total. The average molecular weight is 326 g/mol. The topological polar surface area (TPSA) is 73.5 Å². The molecule has 0 saturated carbocycles. The summed E-state index contributed by atoms with van der Waals surface area (Å²) in [5.74, 6) is 0.191. The van der Waals surface area contributed by atoms with Gasteiger partial charge in [0.05, 0.1) is 19.0 Å². The normalized spacial score (nSPS) is 10.8. The largest absolute Gasteiger partial charge is 0.496 e. The highest BCUT2D eigenvalue weighted by Gasteiger charge is 2.09. The van der Waals surface area contributed by atoms with Gasteiger partial charge >= 0.3 is 5.76 Å². The number of aryl methyl sites for hydroxylation is 1. The second-order valence-corrected chi connectivity index (χ2v) is 5.49. The number of hydrogen-bond acceptors (Lipinski definition) is 4. The summed E-state index contributed by atoms with van der Waals surface area (Å²) in [5.41, 5.74) is 2.94. The summed E-state index contributed by atoms with van der Waals surface area (Å²) in [6.45, 7) is 0.364. The number of hydrogen-bond donors (Lipinski definition) is 1. The van der Waals surface area contributed by atoms with E-state index >= 15 is 0 Å². The van der Waals surface area contributed by atoms with Gasteiger partial charge in [-0.25, -0.2) is 4.79 Å². The van der Waals surface area contributed by atoms with Gasteiger partial charge in [0.1, 0.15) is 5.75 Å². The minimum atomic E-state index is -0.401. The number of nitrogens with one attached hydrogen (secondary N) is 1. The Balaban J connectivity index is 1.67. The van der Waals surface area contributed by atoms with Gasteiger partial charge in [0.25, 0.3) is 0 Å². The van der Waals surface area contributed by atoms with E-state index in [0.29, 0.717) is 17.9 Å². The van der Waals surface area contributed by atoms with Crippen LogP contribution < -0.4 is 15.8 Å². The monoisotopic (exact) mass is 326 g/mol. The number of carbonyl (C=O) groups excluding carboxylic acids is 1. The van der Waals surface area contributed by atoms with E-state index in [9.17, 15) is 9.59 Å². The smallest absolute Gasteiger partial charge is 0.419 e. The Labute approximate surface area is 138 Å². The molecule has 0 radical (unpaired) electrons. The highest BCUT2D eigenvalue weighted by atomic mass is 16.5. The average Bonchev–Trinajstić information content (AvgIpc) is 2.87. The number of amides is 1. The zero-order valence-corrected chi connectivity index (χ0v) is 13.5. The second kappa shape index (κ2) is 6.62. The maximum atomic E-state index is 12.1. The highest BCUT2D eigenvalue weighted by Crippen LogP contribution is 2.18. The molecule has 1 amide bonds. The van der Waals surface area contributed by atoms with Gasteiger partial charge in [-0.05, 0) is 23.8 Å². The molecule has 0 fully saturated rings. The Morgan fingerprint density at radius 1 is 1.25 bits per heavy atom. The van der Waals surface area contributed by atoms with Crippen LogP contribution in [0.1, 0.15) is 11.1 Å². The molecule has 0 aliphatic rings. The molecule has 1 N–H and O–H groups in total. The third-order valence-electron chi connectivity index (χ3n) is 3.89. The summed E-state index contributed by atoms with van der Waals surface area (Å²) in [4.78, 5) is 23.6. The van der Waals surface area contributed by atoms with Gasteiger partial charge in [-0.2, -0.15) is 0 Å². The van der Waals surface area contributed by atoms with Crippen LogP contribution in [0.2, 0.25) is 0 Å². The van der Waals surface area contributed by atoms with Crippen molar-refractivity contribution >= 4 is 17.0 Å². The lowest BCUT2D eigenvalue weighted by Gasteiger charge is -2.09. The van der Waals surface area contributed by atoms with E-state index in [1.807, 2.05) is 36.4 Å². The third-order valence-corrected chi connectivity index (χ3v) is 3.89. The van der Waals surface area contributed by atoms with Gasteiger partial charge in [0.2, 0.25) is 5.91 Å². The molecule has 0 bridgehead atoms. The van der Waals surface area contributed by atoms with Crippen molar-refractivity contribution in [2.24, 2.45) is 7.05 Å². The molecule has 0 aliphatic carbocycles. The first kappa shape index (κ1) is 15.9. The molecule has 0 aliphatic heterocycles. The number of nitrogens with zero attached hydrogens (tertiary/aromatic N) is 1. The summed E-state index contributed by atoms with van der Waals surface area (Å²) in [6.07, 6.45) is 0.243. The maximum Gasteiger partial charge on any atom is 0.419 e. The maximum absolute atomic E-state index is 12.1. The SMILES string of the molecule is COc1ccccc1CC(=O)NCc1ccc2c(c1)oc(=O)n2C. The first-order chi connectivity index (χ1) is 11.6. The lowest BCUT2D eigenvalue weighted by molar-refractivity contribution is -0.120. The van der Waals surface area contributed by atoms with Crippen LogP contribution in [0.3, 0.4) is 0 Å². The Morgan fingerprint density at radius 3 is 2.83 bits per heavy atom. The molecule has 3 aromatic rings. The van der Waals surface area contributed by atoms with Crippen LogP contribution in [0, 0.1) is 0 Å². The van der Waals surface area contributed by atoms with E-state index in [1.165, 1.54) is 4.57 Å². The Morgan fingerprint density at radius 2 is 2.04 bits per heavy atom. The van der Waals surface area contributed by atoms with Gasteiger partial charge < -0.3 is 14.5 Å². The molecule has 2 aromatic carbocycles. The van der Waals surface area contributed by atoms with Crippen molar-refractivity contribution < 1.29 is 13.9 Å². The van der Waals surface area contributed by atoms with Crippen LogP contribution in [0.25, 0.3) is 11.1 Å². The molecule has 124 valence electrons. The Bertz CT molecular complexity index is 940. The van der Waals surface area contributed by atoms with Crippen molar-refractivity contribution in [1.29, 1.82) is 0 Å². The van der Waals surface area contributed by atoms with Gasteiger partial charge in [0.15, 0.2) is 5.58 Å². The fraction of sp³-hybridized carbons (Fsp3) is 0.222. The number of methoxy groups -OCH3 is 1. The number of ether oxygens (including phenoxy) is 1. The predicted molar refractivity (Wildman–Crippen MR) is 90.0 cm³/mol. The zero-order valence-electron chi connectivity index (χ0n) is 13.5. The van der Waals surface area contributed by atoms with Crippen molar-refractivity contribution in [3.8, 4) is 5.75 Å². The molecule has 0 saturated heterocycles. The number of benzene rings is 2. The van der Waals surface area contributed by atoms with Crippen LogP contribution in [-0.4, -0.2) is 17.6 Å². The summed E-state index contributed by atoms with van der Waals surface area (Å²) >= 11 is 0. The summed E-state index contributed by atoms with van der Waals surface area (Å²) in [6, 6.07) is 12.9. The van der Waals surface area contributed by atoms with Crippen molar-refractivity contribution in [2.45, 2.75) is 13.0 Å². The first-order valence-corrected chi connectivity index (χ1v) is 7.55. The summed E-state index contributed by atoms with van der Waals surface area (Å²) in [7, 11) is 3.24.